The Morgan fingerprint density at radius 3 is 2.38 bits per heavy atom. The summed E-state index contributed by atoms with van der Waals surface area (Å²) >= 11 is 0. The topological polar surface area (TPSA) is 3.88 Å². The lowest BCUT2D eigenvalue weighted by atomic mass is 9.95. The molecule has 1 nitrogen and oxygen atoms in total. The first kappa shape index (κ1) is 16.3. The van der Waals surface area contributed by atoms with Gasteiger partial charge in [0, 0.05) is 13.0 Å². The van der Waals surface area contributed by atoms with E-state index in [9.17, 15) is 0 Å². The van der Waals surface area contributed by atoms with Crippen molar-refractivity contribution >= 4 is 24.0 Å². The van der Waals surface area contributed by atoms with E-state index in [1.54, 1.807) is 0 Å². The average molecular weight is 362 g/mol. The predicted octanol–water partition coefficient (Wildman–Crippen LogP) is 4.98. The molecule has 2 aromatic carbocycles. The van der Waals surface area contributed by atoms with Crippen LogP contribution in [0, 0.1) is 13.8 Å². The molecule has 0 spiro atoms. The number of pyridine rings is 1. The third-order valence-corrected chi connectivity index (χ3v) is 8.03. The van der Waals surface area contributed by atoms with Crippen molar-refractivity contribution in [3.8, 4) is 11.3 Å². The Balaban J connectivity index is 2.07. The van der Waals surface area contributed by atoms with Crippen molar-refractivity contribution in [3.05, 3.63) is 58.8 Å². The molecule has 1 aliphatic rings. The molecule has 0 amide bonds. The molecule has 26 heavy (non-hydrogen) atoms. The molecule has 1 heterocycles. The van der Waals surface area contributed by atoms with Crippen LogP contribution in [-0.4, -0.2) is 8.07 Å². The van der Waals surface area contributed by atoms with Gasteiger partial charge in [0.2, 0.25) is 5.69 Å². The van der Waals surface area contributed by atoms with Gasteiger partial charge in [-0.15, -0.1) is 0 Å². The summed E-state index contributed by atoms with van der Waals surface area (Å²) in [5.41, 5.74) is 8.00. The predicted molar refractivity (Wildman–Crippen MR) is 115 cm³/mol. The second kappa shape index (κ2) is 6.06. The van der Waals surface area contributed by atoms with E-state index in [2.05, 4.69) is 75.4 Å². The lowest BCUT2D eigenvalue weighted by Gasteiger charge is -2.18. The van der Waals surface area contributed by atoms with Gasteiger partial charge in [0.1, 0.15) is 7.05 Å². The first-order valence-corrected chi connectivity index (χ1v) is 13.2. The minimum Gasteiger partial charge on any atom is -0.198 e. The van der Waals surface area contributed by atoms with Crippen LogP contribution in [0.4, 0.5) is 0 Å². The molecule has 134 valence electrons. The molecule has 0 radical (unpaired) electrons. The van der Waals surface area contributed by atoms with Gasteiger partial charge < -0.3 is 0 Å². The molecular weight excluding hydrogens is 330 g/mol. The molecule has 4 rings (SSSR count). The lowest BCUT2D eigenvalue weighted by Crippen LogP contribution is -2.38. The van der Waals surface area contributed by atoms with Gasteiger partial charge in [-0.05, 0) is 60.4 Å². The highest BCUT2D eigenvalue weighted by molar-refractivity contribution is 6.88. The Hall–Kier alpha value is -1.93. The van der Waals surface area contributed by atoms with E-state index in [0.717, 1.165) is 11.1 Å². The second-order valence-corrected chi connectivity index (χ2v) is 14.0. The van der Waals surface area contributed by atoms with E-state index in [1.807, 2.05) is 0 Å². The van der Waals surface area contributed by atoms with Gasteiger partial charge in [-0.25, -0.2) is 0 Å². The summed E-state index contributed by atoms with van der Waals surface area (Å²) in [5, 5.41) is 3.73. The van der Waals surface area contributed by atoms with Crippen molar-refractivity contribution in [2.75, 3.05) is 0 Å². The molecule has 0 aliphatic heterocycles. The molecular formula is C24H30NSi+. The molecule has 0 saturated carbocycles. The first-order chi connectivity index (χ1) is 12.7. The van der Waals surface area contributed by atoms with Crippen molar-refractivity contribution in [1.29, 1.82) is 0 Å². The summed E-state index contributed by atoms with van der Waals surface area (Å²) in [7, 11) is 0.696. The van der Waals surface area contributed by atoms with Gasteiger partial charge >= 0.3 is 0 Å². The Bertz CT molecular complexity index is 1080. The maximum atomic E-state index is 8.76. The summed E-state index contributed by atoms with van der Waals surface area (Å²) in [6, 6.07) is 12.3. The summed E-state index contributed by atoms with van der Waals surface area (Å²) in [6.07, 6.45) is 3.68. The molecule has 0 saturated heterocycles. The third-order valence-electron chi connectivity index (χ3n) is 5.99. The number of hydrogen-bond donors (Lipinski definition) is 0. The van der Waals surface area contributed by atoms with Gasteiger partial charge in [-0.2, -0.15) is 4.57 Å². The van der Waals surface area contributed by atoms with E-state index in [4.69, 9.17) is 1.37 Å². The Morgan fingerprint density at radius 1 is 1.00 bits per heavy atom. The second-order valence-electron chi connectivity index (χ2n) is 8.92. The molecule has 0 bridgehead atoms. The van der Waals surface area contributed by atoms with Crippen molar-refractivity contribution in [1.82, 2.24) is 0 Å². The Morgan fingerprint density at radius 2 is 1.69 bits per heavy atom. The third kappa shape index (κ3) is 2.81. The van der Waals surface area contributed by atoms with Crippen LogP contribution < -0.4 is 9.75 Å². The molecule has 0 atom stereocenters. The number of nitrogens with zero attached hydrogens (tertiary/aromatic N) is 1. The lowest BCUT2D eigenvalue weighted by molar-refractivity contribution is -0.665. The maximum Gasteiger partial charge on any atom is 0.220 e. The quantitative estimate of drug-likeness (QED) is 0.447. The summed E-state index contributed by atoms with van der Waals surface area (Å²) in [6.45, 7) is 11.4. The zero-order valence-electron chi connectivity index (χ0n) is 18.0. The highest BCUT2D eigenvalue weighted by atomic mass is 28.3. The molecule has 0 unspecified atom stereocenters. The van der Waals surface area contributed by atoms with Gasteiger partial charge in [0.15, 0.2) is 5.69 Å². The van der Waals surface area contributed by atoms with Crippen molar-refractivity contribution < 1.29 is 5.94 Å². The van der Waals surface area contributed by atoms with Gasteiger partial charge in [0.05, 0.1) is 20.4 Å². The summed E-state index contributed by atoms with van der Waals surface area (Å²) in [4.78, 5) is 0. The van der Waals surface area contributed by atoms with E-state index in [0.29, 0.717) is 6.04 Å². The van der Waals surface area contributed by atoms with Crippen LogP contribution in [0.25, 0.3) is 22.0 Å². The fourth-order valence-corrected chi connectivity index (χ4v) is 5.44. The largest absolute Gasteiger partial charge is 0.220 e. The van der Waals surface area contributed by atoms with Crippen LogP contribution in [0.5, 0.6) is 0 Å². The van der Waals surface area contributed by atoms with E-state index in [-0.39, 0.29) is 0 Å². The van der Waals surface area contributed by atoms with Crippen LogP contribution >= 0.6 is 0 Å². The van der Waals surface area contributed by atoms with Gasteiger partial charge in [-0.3, -0.25) is 0 Å². The zero-order chi connectivity index (χ0) is 19.5. The first-order valence-electron chi connectivity index (χ1n) is 10.2. The fourth-order valence-electron chi connectivity index (χ4n) is 4.28. The number of fused-ring (bicyclic) bond motifs is 2. The molecule has 1 aliphatic carbocycles. The normalized spacial score (nSPS) is 14.6. The number of aryl methyl sites for hydroxylation is 3. The van der Waals surface area contributed by atoms with Crippen molar-refractivity contribution in [2.45, 2.75) is 52.8 Å². The fraction of sp³-hybridized carbons (Fsp3) is 0.375. The molecule has 1 aromatic heterocycles. The standard InChI is InChI=1S/C24H30NSi/c1-16-12-18-8-7-9-19(18)15-23(16)24-22-11-10-21(26(4,5)6)14-20(22)13-17(2)25(24)3/h10-15H,7-9H2,1-6H3/q+1/i13D. The van der Waals surface area contributed by atoms with E-state index in [1.165, 1.54) is 57.8 Å². The smallest absolute Gasteiger partial charge is 0.198 e. The van der Waals surface area contributed by atoms with Crippen LogP contribution in [0.15, 0.2) is 36.4 Å². The van der Waals surface area contributed by atoms with E-state index >= 15 is 0 Å². The van der Waals surface area contributed by atoms with Crippen molar-refractivity contribution in [3.63, 3.8) is 0 Å². The summed E-state index contributed by atoms with van der Waals surface area (Å²) < 4.78 is 11.0. The summed E-state index contributed by atoms with van der Waals surface area (Å²) in [5.74, 6) is 0. The monoisotopic (exact) mass is 361 g/mol. The van der Waals surface area contributed by atoms with Crippen LogP contribution in [0.3, 0.4) is 0 Å². The number of rotatable bonds is 2. The van der Waals surface area contributed by atoms with Gasteiger partial charge in [-0.1, -0.05) is 43.0 Å². The number of benzene rings is 2. The van der Waals surface area contributed by atoms with Crippen molar-refractivity contribution in [2.24, 2.45) is 7.05 Å². The maximum absolute atomic E-state index is 8.76. The van der Waals surface area contributed by atoms with E-state index < -0.39 is 8.07 Å². The molecule has 0 N–H and O–H groups in total. The Labute approximate surface area is 160 Å². The van der Waals surface area contributed by atoms with Crippen LogP contribution in [0.1, 0.15) is 30.2 Å². The highest BCUT2D eigenvalue weighted by Gasteiger charge is 2.24. The Kier molecular flexibility index (Phi) is 3.79. The average Bonchev–Trinajstić information content (AvgIpc) is 3.06. The minimum absolute atomic E-state index is 0.662. The van der Waals surface area contributed by atoms with Crippen LogP contribution in [-0.2, 0) is 19.9 Å². The van der Waals surface area contributed by atoms with Crippen LogP contribution in [0.2, 0.25) is 19.6 Å². The zero-order valence-corrected chi connectivity index (χ0v) is 18.0. The SMILES string of the molecule is [2H]c1c(C)[n+](C)c(-c2cc3c(cc2C)CCC3)c2ccc([Si](C)(C)C)cc12. The van der Waals surface area contributed by atoms with Gasteiger partial charge in [0.25, 0.3) is 0 Å². The number of hydrogen-bond acceptors (Lipinski definition) is 0. The molecule has 3 aromatic rings. The number of aromatic nitrogens is 1. The molecule has 2 heteroatoms. The molecule has 0 fully saturated rings. The highest BCUT2D eigenvalue weighted by Crippen LogP contribution is 2.33. The minimum atomic E-state index is -1.42.